The smallest absolute Gasteiger partial charge is 0.311 e. The zero-order valence-electron chi connectivity index (χ0n) is 12.0. The van der Waals surface area contributed by atoms with Crippen LogP contribution in [-0.2, 0) is 9.53 Å². The van der Waals surface area contributed by atoms with Gasteiger partial charge in [-0.3, -0.25) is 4.79 Å². The quantitative estimate of drug-likeness (QED) is 0.607. The minimum absolute atomic E-state index is 0.137. The summed E-state index contributed by atoms with van der Waals surface area (Å²) in [6, 6.07) is 0. The van der Waals surface area contributed by atoms with E-state index in [9.17, 15) is 9.90 Å². The van der Waals surface area contributed by atoms with Crippen LogP contribution in [0.15, 0.2) is 11.6 Å². The Balaban J connectivity index is 2.01. The number of esters is 1. The standard InChI is InChI=1S/C15H24O3/c1-14(2,3)13(17)18-8-9-6-12(16)11-7-10(9)15(11,4)5/h6,10-12,16H,7-8H2,1-5H3/t10-,11-,12+/m0/s1. The molecule has 3 atom stereocenters. The van der Waals surface area contributed by atoms with E-state index in [0.717, 1.165) is 12.0 Å². The molecule has 0 aromatic carbocycles. The summed E-state index contributed by atoms with van der Waals surface area (Å²) in [5.74, 6) is 0.639. The Hall–Kier alpha value is -0.830. The molecule has 0 aliphatic heterocycles. The molecule has 3 aliphatic carbocycles. The molecule has 1 N–H and O–H groups in total. The number of carbonyl (C=O) groups excluding carboxylic acids is 1. The van der Waals surface area contributed by atoms with Gasteiger partial charge in [-0.2, -0.15) is 0 Å². The summed E-state index contributed by atoms with van der Waals surface area (Å²) in [6.07, 6.45) is 2.53. The molecule has 0 heterocycles. The van der Waals surface area contributed by atoms with Crippen LogP contribution in [0.4, 0.5) is 0 Å². The molecule has 102 valence electrons. The van der Waals surface area contributed by atoms with E-state index in [-0.39, 0.29) is 17.5 Å². The van der Waals surface area contributed by atoms with Gasteiger partial charge < -0.3 is 9.84 Å². The highest BCUT2D eigenvalue weighted by molar-refractivity contribution is 5.75. The van der Waals surface area contributed by atoms with Crippen molar-refractivity contribution >= 4 is 5.97 Å². The van der Waals surface area contributed by atoms with Gasteiger partial charge in [0.1, 0.15) is 6.61 Å². The van der Waals surface area contributed by atoms with Crippen molar-refractivity contribution in [2.75, 3.05) is 6.61 Å². The third-order valence-electron chi connectivity index (χ3n) is 4.57. The van der Waals surface area contributed by atoms with Crippen molar-refractivity contribution in [2.45, 2.75) is 47.1 Å². The van der Waals surface area contributed by atoms with Crippen molar-refractivity contribution in [1.29, 1.82) is 0 Å². The second-order valence-corrected chi connectivity index (χ2v) is 7.27. The first kappa shape index (κ1) is 13.6. The number of carbonyl (C=O) groups is 1. The second-order valence-electron chi connectivity index (χ2n) is 7.27. The highest BCUT2D eigenvalue weighted by Gasteiger charge is 2.55. The molecule has 0 saturated heterocycles. The monoisotopic (exact) mass is 252 g/mol. The van der Waals surface area contributed by atoms with Crippen molar-refractivity contribution in [2.24, 2.45) is 22.7 Å². The fourth-order valence-corrected chi connectivity index (χ4v) is 3.13. The van der Waals surface area contributed by atoms with Gasteiger partial charge in [0.05, 0.1) is 11.5 Å². The predicted molar refractivity (Wildman–Crippen MR) is 69.9 cm³/mol. The lowest BCUT2D eigenvalue weighted by Crippen LogP contribution is -2.54. The van der Waals surface area contributed by atoms with Gasteiger partial charge in [0, 0.05) is 0 Å². The molecule has 3 aliphatic rings. The van der Waals surface area contributed by atoms with E-state index in [1.807, 2.05) is 26.8 Å². The molecule has 18 heavy (non-hydrogen) atoms. The highest BCUT2D eigenvalue weighted by atomic mass is 16.5. The minimum atomic E-state index is -0.467. The van der Waals surface area contributed by atoms with Crippen molar-refractivity contribution in [3.05, 3.63) is 11.6 Å². The predicted octanol–water partition coefficient (Wildman–Crippen LogP) is 2.54. The first-order valence-corrected chi connectivity index (χ1v) is 6.70. The molecule has 2 bridgehead atoms. The Kier molecular flexibility index (Phi) is 3.09. The van der Waals surface area contributed by atoms with Gasteiger partial charge in [-0.25, -0.2) is 0 Å². The molecular weight excluding hydrogens is 228 g/mol. The SMILES string of the molecule is CC(C)(C)C(=O)OCC1=C[C@@H](O)[C@@H]2C[C@@H]1C2(C)C. The molecule has 0 amide bonds. The summed E-state index contributed by atoms with van der Waals surface area (Å²) < 4.78 is 5.36. The molecule has 0 spiro atoms. The van der Waals surface area contributed by atoms with Crippen LogP contribution >= 0.6 is 0 Å². The van der Waals surface area contributed by atoms with E-state index < -0.39 is 5.41 Å². The third-order valence-corrected chi connectivity index (χ3v) is 4.57. The van der Waals surface area contributed by atoms with Gasteiger partial charge >= 0.3 is 5.97 Å². The van der Waals surface area contributed by atoms with E-state index in [4.69, 9.17) is 4.74 Å². The number of hydrogen-bond acceptors (Lipinski definition) is 3. The fourth-order valence-electron chi connectivity index (χ4n) is 3.13. The van der Waals surface area contributed by atoms with Gasteiger partial charge in [-0.05, 0) is 50.0 Å². The summed E-state index contributed by atoms with van der Waals surface area (Å²) >= 11 is 0. The van der Waals surface area contributed by atoms with Gasteiger partial charge in [0.25, 0.3) is 0 Å². The summed E-state index contributed by atoms with van der Waals surface area (Å²) in [7, 11) is 0. The van der Waals surface area contributed by atoms with E-state index in [1.165, 1.54) is 0 Å². The van der Waals surface area contributed by atoms with Crippen molar-refractivity contribution in [3.8, 4) is 0 Å². The van der Waals surface area contributed by atoms with Crippen molar-refractivity contribution in [3.63, 3.8) is 0 Å². The largest absolute Gasteiger partial charge is 0.461 e. The zero-order valence-corrected chi connectivity index (χ0v) is 12.0. The molecule has 3 heteroatoms. The molecular formula is C15H24O3. The Morgan fingerprint density at radius 3 is 2.56 bits per heavy atom. The van der Waals surface area contributed by atoms with Crippen LogP contribution in [-0.4, -0.2) is 23.8 Å². The number of ether oxygens (including phenoxy) is 1. The van der Waals surface area contributed by atoms with E-state index in [2.05, 4.69) is 13.8 Å². The third kappa shape index (κ3) is 2.09. The number of aliphatic hydroxyl groups excluding tert-OH is 1. The van der Waals surface area contributed by atoms with Crippen molar-refractivity contribution < 1.29 is 14.6 Å². The normalized spacial score (nSPS) is 33.4. The molecule has 0 radical (unpaired) electrons. The first-order chi connectivity index (χ1) is 8.14. The average Bonchev–Trinajstić information content (AvgIpc) is 2.23. The molecule has 1 saturated carbocycles. The van der Waals surface area contributed by atoms with Gasteiger partial charge in [-0.15, -0.1) is 0 Å². The van der Waals surface area contributed by atoms with Crippen LogP contribution in [0, 0.1) is 22.7 Å². The molecule has 0 aromatic heterocycles. The Morgan fingerprint density at radius 2 is 2.11 bits per heavy atom. The Bertz CT molecular complexity index is 387. The van der Waals surface area contributed by atoms with E-state index >= 15 is 0 Å². The number of fused-ring (bicyclic) bond motifs is 1. The maximum atomic E-state index is 11.8. The number of hydrogen-bond donors (Lipinski definition) is 1. The lowest BCUT2D eigenvalue weighted by molar-refractivity contribution is -0.153. The molecule has 0 unspecified atom stereocenters. The molecule has 0 aromatic rings. The number of aliphatic hydroxyl groups is 1. The highest BCUT2D eigenvalue weighted by Crippen LogP contribution is 2.59. The van der Waals surface area contributed by atoms with Crippen LogP contribution in [0.2, 0.25) is 0 Å². The fraction of sp³-hybridized carbons (Fsp3) is 0.800. The second kappa shape index (κ2) is 4.09. The van der Waals surface area contributed by atoms with E-state index in [0.29, 0.717) is 18.4 Å². The lowest BCUT2D eigenvalue weighted by Gasteiger charge is -2.58. The summed E-state index contributed by atoms with van der Waals surface area (Å²) in [5.41, 5.74) is 0.760. The zero-order chi connectivity index (χ0) is 13.7. The molecule has 3 nitrogen and oxygen atoms in total. The topological polar surface area (TPSA) is 46.5 Å². The Labute approximate surface area is 109 Å². The molecule has 3 rings (SSSR count). The van der Waals surface area contributed by atoms with Crippen LogP contribution in [0.1, 0.15) is 41.0 Å². The van der Waals surface area contributed by atoms with Crippen LogP contribution in [0.3, 0.4) is 0 Å². The van der Waals surface area contributed by atoms with Crippen LogP contribution in [0.5, 0.6) is 0 Å². The summed E-state index contributed by atoms with van der Waals surface area (Å²) in [6.45, 7) is 10.3. The first-order valence-electron chi connectivity index (χ1n) is 6.70. The summed E-state index contributed by atoms with van der Waals surface area (Å²) in [5, 5.41) is 10.0. The van der Waals surface area contributed by atoms with Crippen molar-refractivity contribution in [1.82, 2.24) is 0 Å². The molecule has 1 fully saturated rings. The Morgan fingerprint density at radius 1 is 1.50 bits per heavy atom. The van der Waals surface area contributed by atoms with Gasteiger partial charge in [0.2, 0.25) is 0 Å². The lowest BCUT2D eigenvalue weighted by atomic mass is 9.48. The van der Waals surface area contributed by atoms with Gasteiger partial charge in [-0.1, -0.05) is 19.9 Å². The van der Waals surface area contributed by atoms with E-state index in [1.54, 1.807) is 0 Å². The summed E-state index contributed by atoms with van der Waals surface area (Å²) in [4.78, 5) is 11.8. The average molecular weight is 252 g/mol. The number of rotatable bonds is 2. The van der Waals surface area contributed by atoms with Crippen LogP contribution < -0.4 is 0 Å². The maximum Gasteiger partial charge on any atom is 0.311 e. The van der Waals surface area contributed by atoms with Gasteiger partial charge in [0.15, 0.2) is 0 Å². The maximum absolute atomic E-state index is 11.8. The van der Waals surface area contributed by atoms with Crippen LogP contribution in [0.25, 0.3) is 0 Å². The minimum Gasteiger partial charge on any atom is -0.461 e.